The second kappa shape index (κ2) is 10.6. The molecule has 0 radical (unpaired) electrons. The van der Waals surface area contributed by atoms with Crippen LogP contribution < -0.4 is 0 Å². The van der Waals surface area contributed by atoms with Crippen LogP contribution in [0.2, 0.25) is 0 Å². The average molecular weight is 439 g/mol. The number of aliphatic hydroxyl groups is 1. The van der Waals surface area contributed by atoms with Gasteiger partial charge in [-0.05, 0) is 52.5 Å². The van der Waals surface area contributed by atoms with Crippen molar-refractivity contribution in [2.45, 2.75) is 44.0 Å². The third-order valence-corrected chi connectivity index (χ3v) is 6.63. The number of aromatic nitrogens is 2. The summed E-state index contributed by atoms with van der Waals surface area (Å²) in [6.07, 6.45) is 6.26. The van der Waals surface area contributed by atoms with Gasteiger partial charge >= 0.3 is 5.97 Å². The maximum Gasteiger partial charge on any atom is 0.338 e. The molecule has 31 heavy (non-hydrogen) atoms. The fourth-order valence-electron chi connectivity index (χ4n) is 3.69. The van der Waals surface area contributed by atoms with Crippen molar-refractivity contribution < 1.29 is 14.6 Å². The quantitative estimate of drug-likeness (QED) is 0.351. The number of methoxy groups -OCH3 is 1. The number of rotatable bonds is 9. The van der Waals surface area contributed by atoms with Gasteiger partial charge in [0.2, 0.25) is 0 Å². The fourth-order valence-corrected chi connectivity index (χ4v) is 4.56. The first-order valence-corrected chi connectivity index (χ1v) is 11.6. The number of carbonyl (C=O) groups excluding carboxylic acids is 1. The van der Waals surface area contributed by atoms with Crippen molar-refractivity contribution in [2.24, 2.45) is 0 Å². The van der Waals surface area contributed by atoms with Crippen LogP contribution in [0.15, 0.2) is 60.0 Å². The molecule has 6 heteroatoms. The first kappa shape index (κ1) is 23.1. The van der Waals surface area contributed by atoms with Crippen LogP contribution in [0, 0.1) is 0 Å². The number of ether oxygens (including phenoxy) is 1. The number of hydrogen-bond donors (Lipinski definition) is 1. The molecule has 2 unspecified atom stereocenters. The zero-order valence-electron chi connectivity index (χ0n) is 18.5. The van der Waals surface area contributed by atoms with Crippen molar-refractivity contribution in [3.05, 3.63) is 71.8 Å². The fraction of sp³-hybridized carbons (Fsp3) is 0.360. The number of benzene rings is 2. The topological polar surface area (TPSA) is 64.3 Å². The van der Waals surface area contributed by atoms with Crippen LogP contribution in [0.4, 0.5) is 0 Å². The molecule has 3 rings (SSSR count). The van der Waals surface area contributed by atoms with E-state index in [2.05, 4.69) is 50.0 Å². The van der Waals surface area contributed by atoms with Crippen LogP contribution in [0.5, 0.6) is 0 Å². The summed E-state index contributed by atoms with van der Waals surface area (Å²) < 4.78 is 6.97. The molecule has 0 fully saturated rings. The Morgan fingerprint density at radius 1 is 1.23 bits per heavy atom. The molecule has 0 bridgehead atoms. The summed E-state index contributed by atoms with van der Waals surface area (Å²) in [5, 5.41) is 10.1. The molecular weight excluding hydrogens is 408 g/mol. The van der Waals surface area contributed by atoms with Crippen molar-refractivity contribution in [1.29, 1.82) is 0 Å². The minimum absolute atomic E-state index is 0.100. The zero-order chi connectivity index (χ0) is 22.4. The molecule has 2 atom stereocenters. The molecule has 0 aliphatic heterocycles. The second-order valence-electron chi connectivity index (χ2n) is 7.50. The lowest BCUT2D eigenvalue weighted by Gasteiger charge is -2.22. The van der Waals surface area contributed by atoms with E-state index >= 15 is 0 Å². The molecule has 5 nitrogen and oxygen atoms in total. The van der Waals surface area contributed by atoms with Gasteiger partial charge in [0.15, 0.2) is 0 Å². The van der Waals surface area contributed by atoms with E-state index in [4.69, 9.17) is 4.74 Å². The molecule has 0 aliphatic rings. The highest BCUT2D eigenvalue weighted by Gasteiger charge is 2.23. The standard InChI is InChI=1S/C25H30N2O3S/c1-5-17(3)18-7-9-19(10-8-18)20-14-24(31-6-2)22(13-21(20)25(29)30-4)23(15-28)27-12-11-26-16-27/h7-14,16-17,23,28H,5-6,15H2,1-4H3. The molecule has 0 saturated heterocycles. The molecule has 0 spiro atoms. The summed E-state index contributed by atoms with van der Waals surface area (Å²) in [4.78, 5) is 17.9. The van der Waals surface area contributed by atoms with Gasteiger partial charge in [0.1, 0.15) is 0 Å². The lowest BCUT2D eigenvalue weighted by Crippen LogP contribution is -2.16. The van der Waals surface area contributed by atoms with Gasteiger partial charge in [-0.3, -0.25) is 0 Å². The normalized spacial score (nSPS) is 13.1. The maximum atomic E-state index is 12.7. The predicted octanol–water partition coefficient (Wildman–Crippen LogP) is 5.54. The Labute approximate surface area is 188 Å². The Morgan fingerprint density at radius 3 is 2.52 bits per heavy atom. The van der Waals surface area contributed by atoms with Gasteiger partial charge < -0.3 is 14.4 Å². The minimum Gasteiger partial charge on any atom is -0.465 e. The van der Waals surface area contributed by atoms with Gasteiger partial charge in [-0.15, -0.1) is 11.8 Å². The molecule has 1 aromatic heterocycles. The van der Waals surface area contributed by atoms with E-state index in [1.165, 1.54) is 12.7 Å². The van der Waals surface area contributed by atoms with E-state index in [0.29, 0.717) is 11.5 Å². The SMILES string of the molecule is CCSc1cc(-c2ccc(C(C)CC)cc2)c(C(=O)OC)cc1C(CO)n1ccnc1. The molecule has 1 heterocycles. The number of thioether (sulfide) groups is 1. The first-order chi connectivity index (χ1) is 15.0. The zero-order valence-corrected chi connectivity index (χ0v) is 19.4. The summed E-state index contributed by atoms with van der Waals surface area (Å²) in [6.45, 7) is 6.38. The van der Waals surface area contributed by atoms with Crippen molar-refractivity contribution in [3.8, 4) is 11.1 Å². The highest BCUT2D eigenvalue weighted by Crippen LogP contribution is 2.37. The van der Waals surface area contributed by atoms with Gasteiger partial charge in [0.05, 0.1) is 31.6 Å². The van der Waals surface area contributed by atoms with E-state index < -0.39 is 5.97 Å². The maximum absolute atomic E-state index is 12.7. The van der Waals surface area contributed by atoms with Crippen LogP contribution in [-0.2, 0) is 4.74 Å². The number of nitrogens with zero attached hydrogens (tertiary/aromatic N) is 2. The van der Waals surface area contributed by atoms with Crippen LogP contribution in [0.3, 0.4) is 0 Å². The Hall–Kier alpha value is -2.57. The van der Waals surface area contributed by atoms with Crippen LogP contribution in [-0.4, -0.2) is 40.1 Å². The highest BCUT2D eigenvalue weighted by molar-refractivity contribution is 7.99. The number of aliphatic hydroxyl groups excluding tert-OH is 1. The molecule has 0 saturated carbocycles. The van der Waals surface area contributed by atoms with E-state index in [1.54, 1.807) is 24.3 Å². The van der Waals surface area contributed by atoms with Gasteiger partial charge in [0, 0.05) is 17.3 Å². The van der Waals surface area contributed by atoms with Crippen molar-refractivity contribution in [1.82, 2.24) is 9.55 Å². The molecule has 164 valence electrons. The Kier molecular flexibility index (Phi) is 7.93. The third-order valence-electron chi connectivity index (χ3n) is 5.67. The Bertz CT molecular complexity index is 1000. The molecule has 1 N–H and O–H groups in total. The molecule has 0 aliphatic carbocycles. The number of hydrogen-bond acceptors (Lipinski definition) is 5. The summed E-state index contributed by atoms with van der Waals surface area (Å²) in [5.41, 5.74) is 4.47. The van der Waals surface area contributed by atoms with E-state index in [9.17, 15) is 9.90 Å². The first-order valence-electron chi connectivity index (χ1n) is 10.6. The molecular formula is C25H30N2O3S. The molecule has 3 aromatic rings. The van der Waals surface area contributed by atoms with Gasteiger partial charge in [-0.2, -0.15) is 0 Å². The van der Waals surface area contributed by atoms with Crippen LogP contribution in [0.1, 0.15) is 60.6 Å². The van der Waals surface area contributed by atoms with E-state index in [0.717, 1.165) is 33.8 Å². The van der Waals surface area contributed by atoms with Gasteiger partial charge in [0.25, 0.3) is 0 Å². The van der Waals surface area contributed by atoms with Crippen molar-refractivity contribution in [2.75, 3.05) is 19.5 Å². The van der Waals surface area contributed by atoms with Crippen LogP contribution >= 0.6 is 11.8 Å². The lowest BCUT2D eigenvalue weighted by atomic mass is 9.92. The Balaban J connectivity index is 2.17. The van der Waals surface area contributed by atoms with Crippen molar-refractivity contribution >= 4 is 17.7 Å². The minimum atomic E-state index is -0.391. The van der Waals surface area contributed by atoms with Crippen molar-refractivity contribution in [3.63, 3.8) is 0 Å². The third kappa shape index (κ3) is 5.02. The average Bonchev–Trinajstić information content (AvgIpc) is 3.34. The molecule has 2 aromatic carbocycles. The smallest absolute Gasteiger partial charge is 0.338 e. The summed E-state index contributed by atoms with van der Waals surface area (Å²) in [7, 11) is 1.39. The second-order valence-corrected chi connectivity index (χ2v) is 8.81. The van der Waals surface area contributed by atoms with E-state index in [-0.39, 0.29) is 12.6 Å². The summed E-state index contributed by atoms with van der Waals surface area (Å²) >= 11 is 1.69. The van der Waals surface area contributed by atoms with Crippen LogP contribution in [0.25, 0.3) is 11.1 Å². The largest absolute Gasteiger partial charge is 0.465 e. The summed E-state index contributed by atoms with van der Waals surface area (Å²) in [5.74, 6) is 0.972. The Morgan fingerprint density at radius 2 is 1.97 bits per heavy atom. The number of esters is 1. The lowest BCUT2D eigenvalue weighted by molar-refractivity contribution is 0.0601. The predicted molar refractivity (Wildman–Crippen MR) is 126 cm³/mol. The summed E-state index contributed by atoms with van der Waals surface area (Å²) in [6, 6.07) is 12.0. The molecule has 0 amide bonds. The van der Waals surface area contributed by atoms with Gasteiger partial charge in [-0.1, -0.05) is 45.0 Å². The van der Waals surface area contributed by atoms with E-state index in [1.807, 2.05) is 22.9 Å². The highest BCUT2D eigenvalue weighted by atomic mass is 32.2. The number of imidazole rings is 1. The van der Waals surface area contributed by atoms with Gasteiger partial charge in [-0.25, -0.2) is 9.78 Å². The monoisotopic (exact) mass is 438 g/mol. The number of carbonyl (C=O) groups is 1.